The Hall–Kier alpha value is -2.21. The first kappa shape index (κ1) is 16.2. The molecule has 0 unspecified atom stereocenters. The molecule has 3 N–H and O–H groups in total. The maximum Gasteiger partial charge on any atom is 0.257 e. The third kappa shape index (κ3) is 3.33. The Morgan fingerprint density at radius 2 is 2.09 bits per heavy atom. The van der Waals surface area contributed by atoms with Gasteiger partial charge < -0.3 is 10.6 Å². The number of rotatable bonds is 5. The average Bonchev–Trinajstić information content (AvgIpc) is 2.95. The normalized spacial score (nSPS) is 11.5. The van der Waals surface area contributed by atoms with Gasteiger partial charge in [-0.1, -0.05) is 26.0 Å². The van der Waals surface area contributed by atoms with Crippen molar-refractivity contribution in [3.63, 3.8) is 0 Å². The van der Waals surface area contributed by atoms with Crippen LogP contribution in [0.4, 0.5) is 4.39 Å². The molecule has 0 saturated carbocycles. The van der Waals surface area contributed by atoms with Crippen molar-refractivity contribution in [1.29, 1.82) is 0 Å². The number of aromatic nitrogens is 2. The molecule has 0 aliphatic rings. The molecule has 0 atom stereocenters. The van der Waals surface area contributed by atoms with E-state index in [1.807, 2.05) is 13.8 Å². The van der Waals surface area contributed by atoms with E-state index >= 15 is 0 Å². The molecule has 0 bridgehead atoms. The number of H-pyrrole nitrogens is 1. The summed E-state index contributed by atoms with van der Waals surface area (Å²) in [6, 6.07) is 6.29. The Balaban J connectivity index is 2.30. The first-order valence-corrected chi connectivity index (χ1v) is 7.09. The molecule has 1 amide bonds. The predicted octanol–water partition coefficient (Wildman–Crippen LogP) is 2.27. The van der Waals surface area contributed by atoms with Crippen LogP contribution < -0.4 is 5.73 Å². The van der Waals surface area contributed by atoms with Crippen molar-refractivity contribution in [3.05, 3.63) is 41.8 Å². The number of amides is 1. The van der Waals surface area contributed by atoms with Gasteiger partial charge in [0.1, 0.15) is 5.82 Å². The molecule has 0 fully saturated rings. The van der Waals surface area contributed by atoms with E-state index in [1.54, 1.807) is 30.1 Å². The SMILES string of the molecule is CN(CC(C)(C)CN)C(=O)c1cn[nH]c1-c1ccccc1F. The molecule has 0 radical (unpaired) electrons. The lowest BCUT2D eigenvalue weighted by molar-refractivity contribution is 0.0741. The molecule has 0 aliphatic carbocycles. The minimum absolute atomic E-state index is 0.188. The van der Waals surface area contributed by atoms with Crippen molar-refractivity contribution >= 4 is 5.91 Å². The van der Waals surface area contributed by atoms with E-state index in [4.69, 9.17) is 5.73 Å². The molecule has 1 aromatic carbocycles. The van der Waals surface area contributed by atoms with Gasteiger partial charge >= 0.3 is 0 Å². The summed E-state index contributed by atoms with van der Waals surface area (Å²) < 4.78 is 13.9. The molecular formula is C16H21FN4O. The van der Waals surface area contributed by atoms with Crippen LogP contribution in [0.5, 0.6) is 0 Å². The number of nitrogens with two attached hydrogens (primary N) is 1. The summed E-state index contributed by atoms with van der Waals surface area (Å²) in [5.74, 6) is -0.612. The second kappa shape index (κ2) is 6.27. The van der Waals surface area contributed by atoms with Gasteiger partial charge in [-0.3, -0.25) is 9.89 Å². The van der Waals surface area contributed by atoms with Crippen molar-refractivity contribution in [2.24, 2.45) is 11.1 Å². The number of hydrogen-bond donors (Lipinski definition) is 2. The van der Waals surface area contributed by atoms with Gasteiger partial charge in [-0.15, -0.1) is 0 Å². The van der Waals surface area contributed by atoms with Crippen LogP contribution in [0.1, 0.15) is 24.2 Å². The monoisotopic (exact) mass is 304 g/mol. The van der Waals surface area contributed by atoms with Gasteiger partial charge in [0, 0.05) is 19.2 Å². The number of nitrogens with zero attached hydrogens (tertiary/aromatic N) is 2. The van der Waals surface area contributed by atoms with Crippen LogP contribution in [0.2, 0.25) is 0 Å². The zero-order valence-electron chi connectivity index (χ0n) is 13.1. The highest BCUT2D eigenvalue weighted by molar-refractivity contribution is 5.99. The minimum atomic E-state index is -0.397. The first-order valence-electron chi connectivity index (χ1n) is 7.09. The summed E-state index contributed by atoms with van der Waals surface area (Å²) in [6.45, 7) is 4.95. The number of hydrogen-bond acceptors (Lipinski definition) is 3. The number of nitrogens with one attached hydrogen (secondary N) is 1. The van der Waals surface area contributed by atoms with Crippen LogP contribution in [0.25, 0.3) is 11.3 Å². The van der Waals surface area contributed by atoms with Gasteiger partial charge in [0.2, 0.25) is 0 Å². The summed E-state index contributed by atoms with van der Waals surface area (Å²) in [6.07, 6.45) is 1.43. The average molecular weight is 304 g/mol. The van der Waals surface area contributed by atoms with Crippen molar-refractivity contribution in [2.45, 2.75) is 13.8 Å². The summed E-state index contributed by atoms with van der Waals surface area (Å²) in [4.78, 5) is 14.2. The number of halogens is 1. The fraction of sp³-hybridized carbons (Fsp3) is 0.375. The summed E-state index contributed by atoms with van der Waals surface area (Å²) in [5, 5.41) is 6.61. The summed E-state index contributed by atoms with van der Waals surface area (Å²) in [5.41, 5.74) is 6.59. The van der Waals surface area contributed by atoms with Crippen LogP contribution in [-0.2, 0) is 0 Å². The highest BCUT2D eigenvalue weighted by Gasteiger charge is 2.25. The predicted molar refractivity (Wildman–Crippen MR) is 83.8 cm³/mol. The third-order valence-electron chi connectivity index (χ3n) is 3.58. The zero-order chi connectivity index (χ0) is 16.3. The molecule has 0 spiro atoms. The molecule has 6 heteroatoms. The molecule has 1 heterocycles. The maximum atomic E-state index is 13.9. The van der Waals surface area contributed by atoms with Gasteiger partial charge in [0.25, 0.3) is 5.91 Å². The lowest BCUT2D eigenvalue weighted by Gasteiger charge is -2.29. The van der Waals surface area contributed by atoms with Crippen molar-refractivity contribution in [2.75, 3.05) is 20.1 Å². The van der Waals surface area contributed by atoms with Gasteiger partial charge in [0.05, 0.1) is 17.5 Å². The fourth-order valence-electron chi connectivity index (χ4n) is 2.30. The van der Waals surface area contributed by atoms with Crippen LogP contribution in [0.15, 0.2) is 30.5 Å². The minimum Gasteiger partial charge on any atom is -0.341 e. The standard InChI is InChI=1S/C16H21FN4O/c1-16(2,9-18)10-21(3)15(22)12-8-19-20-14(12)11-6-4-5-7-13(11)17/h4-8H,9-10,18H2,1-3H3,(H,19,20). The van der Waals surface area contributed by atoms with E-state index in [-0.39, 0.29) is 11.3 Å². The molecule has 2 aromatic rings. The molecular weight excluding hydrogens is 283 g/mol. The second-order valence-corrected chi connectivity index (χ2v) is 6.17. The Kier molecular flexibility index (Phi) is 4.61. The van der Waals surface area contributed by atoms with Crippen LogP contribution in [-0.4, -0.2) is 41.1 Å². The Morgan fingerprint density at radius 3 is 2.73 bits per heavy atom. The summed E-state index contributed by atoms with van der Waals surface area (Å²) in [7, 11) is 1.71. The van der Waals surface area contributed by atoms with Crippen LogP contribution >= 0.6 is 0 Å². The van der Waals surface area contributed by atoms with Crippen molar-refractivity contribution in [1.82, 2.24) is 15.1 Å². The quantitative estimate of drug-likeness (QED) is 0.890. The van der Waals surface area contributed by atoms with Crippen LogP contribution in [0.3, 0.4) is 0 Å². The van der Waals surface area contributed by atoms with E-state index in [9.17, 15) is 9.18 Å². The van der Waals surface area contributed by atoms with E-state index in [2.05, 4.69) is 10.2 Å². The lowest BCUT2D eigenvalue weighted by Crippen LogP contribution is -2.39. The zero-order valence-corrected chi connectivity index (χ0v) is 13.1. The fourth-order valence-corrected chi connectivity index (χ4v) is 2.30. The topological polar surface area (TPSA) is 75.0 Å². The molecule has 0 aliphatic heterocycles. The van der Waals surface area contributed by atoms with E-state index in [0.717, 1.165) is 0 Å². The number of benzene rings is 1. The first-order chi connectivity index (χ1) is 10.4. The maximum absolute atomic E-state index is 13.9. The smallest absolute Gasteiger partial charge is 0.257 e. The van der Waals surface area contributed by atoms with E-state index < -0.39 is 5.82 Å². The molecule has 118 valence electrons. The highest BCUT2D eigenvalue weighted by atomic mass is 19.1. The van der Waals surface area contributed by atoms with Gasteiger partial charge in [-0.2, -0.15) is 5.10 Å². The van der Waals surface area contributed by atoms with Crippen LogP contribution in [0, 0.1) is 11.2 Å². The molecule has 1 aromatic heterocycles. The second-order valence-electron chi connectivity index (χ2n) is 6.17. The number of carbonyl (C=O) groups is 1. The van der Waals surface area contributed by atoms with Gasteiger partial charge in [0.15, 0.2) is 0 Å². The molecule has 2 rings (SSSR count). The number of carbonyl (C=O) groups excluding carboxylic acids is 1. The van der Waals surface area contributed by atoms with Crippen molar-refractivity contribution < 1.29 is 9.18 Å². The highest BCUT2D eigenvalue weighted by Crippen LogP contribution is 2.25. The molecule has 0 saturated heterocycles. The Labute approximate surface area is 129 Å². The largest absolute Gasteiger partial charge is 0.341 e. The lowest BCUT2D eigenvalue weighted by atomic mass is 9.93. The van der Waals surface area contributed by atoms with Gasteiger partial charge in [-0.05, 0) is 24.1 Å². The molecule has 22 heavy (non-hydrogen) atoms. The van der Waals surface area contributed by atoms with Crippen molar-refractivity contribution in [3.8, 4) is 11.3 Å². The summed E-state index contributed by atoms with van der Waals surface area (Å²) >= 11 is 0. The molecule has 5 nitrogen and oxygen atoms in total. The van der Waals surface area contributed by atoms with E-state index in [0.29, 0.717) is 29.9 Å². The third-order valence-corrected chi connectivity index (χ3v) is 3.58. The number of aromatic amines is 1. The van der Waals surface area contributed by atoms with Gasteiger partial charge in [-0.25, -0.2) is 4.39 Å². The Morgan fingerprint density at radius 1 is 1.41 bits per heavy atom. The van der Waals surface area contributed by atoms with E-state index in [1.165, 1.54) is 12.3 Å². The Bertz CT molecular complexity index is 666.